The van der Waals surface area contributed by atoms with Gasteiger partial charge in [0.1, 0.15) is 0 Å². The van der Waals surface area contributed by atoms with E-state index in [2.05, 4.69) is 28.9 Å². The van der Waals surface area contributed by atoms with Crippen LogP contribution in [0.1, 0.15) is 31.0 Å². The number of aromatic nitrogens is 2. The zero-order valence-corrected chi connectivity index (χ0v) is 8.38. The van der Waals surface area contributed by atoms with Crippen LogP contribution >= 0.6 is 0 Å². The van der Waals surface area contributed by atoms with E-state index >= 15 is 0 Å². The van der Waals surface area contributed by atoms with Crippen LogP contribution in [0.2, 0.25) is 0 Å². The lowest BCUT2D eigenvalue weighted by atomic mass is 10.2. The Bertz CT molecular complexity index is 279. The summed E-state index contributed by atoms with van der Waals surface area (Å²) in [5.41, 5.74) is 2.55. The van der Waals surface area contributed by atoms with Gasteiger partial charge in [0, 0.05) is 12.6 Å². The first kappa shape index (κ1) is 8.75. The third-order valence-corrected chi connectivity index (χ3v) is 2.99. The molecule has 1 atom stereocenters. The fourth-order valence-electron chi connectivity index (χ4n) is 1.96. The zero-order valence-electron chi connectivity index (χ0n) is 8.38. The number of nitrogens with one attached hydrogen (secondary N) is 1. The lowest BCUT2D eigenvalue weighted by Gasteiger charge is -2.20. The molecule has 1 aromatic rings. The number of likely N-dealkylation sites (tertiary alicyclic amines) is 1. The molecule has 1 unspecified atom stereocenters. The molecule has 1 aromatic heterocycles. The molecule has 2 rings (SSSR count). The van der Waals surface area contributed by atoms with E-state index in [1.165, 1.54) is 30.6 Å². The van der Waals surface area contributed by atoms with E-state index in [1.807, 2.05) is 6.20 Å². The Labute approximate surface area is 79.1 Å². The molecule has 0 aliphatic carbocycles. The molecule has 72 valence electrons. The van der Waals surface area contributed by atoms with Crippen LogP contribution < -0.4 is 0 Å². The van der Waals surface area contributed by atoms with Crippen LogP contribution in [0.15, 0.2) is 6.20 Å². The molecular weight excluding hydrogens is 162 g/mol. The Kier molecular flexibility index (Phi) is 2.36. The highest BCUT2D eigenvalue weighted by molar-refractivity contribution is 5.13. The molecule has 3 nitrogen and oxygen atoms in total. The minimum Gasteiger partial charge on any atom is -0.295 e. The van der Waals surface area contributed by atoms with Crippen molar-refractivity contribution in [3.05, 3.63) is 17.5 Å². The van der Waals surface area contributed by atoms with E-state index in [4.69, 9.17) is 0 Å². The summed E-state index contributed by atoms with van der Waals surface area (Å²) in [5, 5.41) is 7.10. The van der Waals surface area contributed by atoms with Crippen molar-refractivity contribution in [2.45, 2.75) is 39.3 Å². The van der Waals surface area contributed by atoms with E-state index in [9.17, 15) is 0 Å². The fraction of sp³-hybridized carbons (Fsp3) is 0.700. The van der Waals surface area contributed by atoms with Gasteiger partial charge in [0.2, 0.25) is 0 Å². The van der Waals surface area contributed by atoms with Crippen molar-refractivity contribution in [1.29, 1.82) is 0 Å². The normalized spacial score (nSPS) is 24.0. The maximum atomic E-state index is 4.04. The van der Waals surface area contributed by atoms with Gasteiger partial charge in [0.15, 0.2) is 0 Å². The third kappa shape index (κ3) is 1.75. The van der Waals surface area contributed by atoms with Gasteiger partial charge in [0.25, 0.3) is 0 Å². The Morgan fingerprint density at radius 3 is 3.08 bits per heavy atom. The largest absolute Gasteiger partial charge is 0.295 e. The molecule has 0 spiro atoms. The number of aryl methyl sites for hydroxylation is 1. The van der Waals surface area contributed by atoms with Gasteiger partial charge in [-0.05, 0) is 38.8 Å². The van der Waals surface area contributed by atoms with Gasteiger partial charge in [-0.25, -0.2) is 0 Å². The van der Waals surface area contributed by atoms with Crippen molar-refractivity contribution < 1.29 is 0 Å². The van der Waals surface area contributed by atoms with Crippen molar-refractivity contribution in [2.75, 3.05) is 6.54 Å². The molecule has 1 aliphatic heterocycles. The molecule has 2 heterocycles. The smallest absolute Gasteiger partial charge is 0.0521 e. The van der Waals surface area contributed by atoms with Gasteiger partial charge >= 0.3 is 0 Å². The van der Waals surface area contributed by atoms with E-state index in [0.29, 0.717) is 0 Å². The second-order valence-corrected chi connectivity index (χ2v) is 3.99. The molecule has 0 aromatic carbocycles. The fourth-order valence-corrected chi connectivity index (χ4v) is 1.96. The second kappa shape index (κ2) is 3.50. The number of H-pyrrole nitrogens is 1. The molecule has 0 radical (unpaired) electrons. The molecule has 1 N–H and O–H groups in total. The summed E-state index contributed by atoms with van der Waals surface area (Å²) in [5.74, 6) is 0. The predicted molar refractivity (Wildman–Crippen MR) is 52.4 cm³/mol. The lowest BCUT2D eigenvalue weighted by molar-refractivity contribution is 0.257. The molecular formula is C10H17N3. The Hall–Kier alpha value is -0.830. The van der Waals surface area contributed by atoms with Gasteiger partial charge in [-0.2, -0.15) is 5.10 Å². The van der Waals surface area contributed by atoms with Crippen molar-refractivity contribution >= 4 is 0 Å². The Morgan fingerprint density at radius 1 is 1.69 bits per heavy atom. The van der Waals surface area contributed by atoms with Crippen LogP contribution in [-0.2, 0) is 6.54 Å². The molecule has 0 amide bonds. The standard InChI is InChI=1S/C10H17N3/c1-8-6-11-12-10(8)7-13-5-3-4-9(13)2/h6,9H,3-5,7H2,1-2H3,(H,11,12). The van der Waals surface area contributed by atoms with Crippen LogP contribution in [0.5, 0.6) is 0 Å². The van der Waals surface area contributed by atoms with Crippen molar-refractivity contribution in [2.24, 2.45) is 0 Å². The summed E-state index contributed by atoms with van der Waals surface area (Å²) in [6, 6.07) is 0.739. The minimum absolute atomic E-state index is 0.739. The molecule has 3 heteroatoms. The SMILES string of the molecule is Cc1cn[nH]c1CN1CCCC1C. The van der Waals surface area contributed by atoms with Crippen molar-refractivity contribution in [3.63, 3.8) is 0 Å². The molecule has 0 saturated carbocycles. The average Bonchev–Trinajstić information content (AvgIpc) is 2.65. The lowest BCUT2D eigenvalue weighted by Crippen LogP contribution is -2.26. The first-order chi connectivity index (χ1) is 6.27. The number of nitrogens with zero attached hydrogens (tertiary/aromatic N) is 2. The predicted octanol–water partition coefficient (Wildman–Crippen LogP) is 1.70. The minimum atomic E-state index is 0.739. The van der Waals surface area contributed by atoms with Gasteiger partial charge in [-0.15, -0.1) is 0 Å². The van der Waals surface area contributed by atoms with Crippen LogP contribution in [0, 0.1) is 6.92 Å². The van der Waals surface area contributed by atoms with Crippen LogP contribution in [0.3, 0.4) is 0 Å². The van der Waals surface area contributed by atoms with Crippen molar-refractivity contribution in [1.82, 2.24) is 15.1 Å². The highest BCUT2D eigenvalue weighted by atomic mass is 15.2. The molecule has 1 fully saturated rings. The highest BCUT2D eigenvalue weighted by Gasteiger charge is 2.20. The molecule has 1 saturated heterocycles. The first-order valence-corrected chi connectivity index (χ1v) is 5.00. The van der Waals surface area contributed by atoms with E-state index in [-0.39, 0.29) is 0 Å². The second-order valence-electron chi connectivity index (χ2n) is 3.99. The Balaban J connectivity index is 2.01. The number of rotatable bonds is 2. The monoisotopic (exact) mass is 179 g/mol. The van der Waals surface area contributed by atoms with E-state index in [0.717, 1.165) is 12.6 Å². The van der Waals surface area contributed by atoms with Crippen LogP contribution in [-0.4, -0.2) is 27.7 Å². The van der Waals surface area contributed by atoms with E-state index in [1.54, 1.807) is 0 Å². The summed E-state index contributed by atoms with van der Waals surface area (Å²) in [7, 11) is 0. The van der Waals surface area contributed by atoms with Crippen LogP contribution in [0.4, 0.5) is 0 Å². The quantitative estimate of drug-likeness (QED) is 0.749. The van der Waals surface area contributed by atoms with Crippen molar-refractivity contribution in [3.8, 4) is 0 Å². The molecule has 0 bridgehead atoms. The van der Waals surface area contributed by atoms with E-state index < -0.39 is 0 Å². The maximum absolute atomic E-state index is 4.04. The average molecular weight is 179 g/mol. The number of aromatic amines is 1. The summed E-state index contributed by atoms with van der Waals surface area (Å²) >= 11 is 0. The molecule has 13 heavy (non-hydrogen) atoms. The number of hydrogen-bond donors (Lipinski definition) is 1. The molecule has 1 aliphatic rings. The van der Waals surface area contributed by atoms with Gasteiger partial charge in [-0.3, -0.25) is 10.00 Å². The first-order valence-electron chi connectivity index (χ1n) is 5.00. The zero-order chi connectivity index (χ0) is 9.26. The highest BCUT2D eigenvalue weighted by Crippen LogP contribution is 2.19. The third-order valence-electron chi connectivity index (χ3n) is 2.99. The summed E-state index contributed by atoms with van der Waals surface area (Å²) in [6.07, 6.45) is 4.58. The summed E-state index contributed by atoms with van der Waals surface area (Å²) < 4.78 is 0. The summed E-state index contributed by atoms with van der Waals surface area (Å²) in [6.45, 7) is 6.69. The topological polar surface area (TPSA) is 31.9 Å². The number of hydrogen-bond acceptors (Lipinski definition) is 2. The van der Waals surface area contributed by atoms with Gasteiger partial charge < -0.3 is 0 Å². The summed E-state index contributed by atoms with van der Waals surface area (Å²) in [4.78, 5) is 2.51. The van der Waals surface area contributed by atoms with Crippen LogP contribution in [0.25, 0.3) is 0 Å². The van der Waals surface area contributed by atoms with Gasteiger partial charge in [0.05, 0.1) is 11.9 Å². The Morgan fingerprint density at radius 2 is 2.54 bits per heavy atom. The van der Waals surface area contributed by atoms with Gasteiger partial charge in [-0.1, -0.05) is 0 Å². The maximum Gasteiger partial charge on any atom is 0.0521 e.